The first-order chi connectivity index (χ1) is 11.2. The molecule has 1 aromatic carbocycles. The van der Waals surface area contributed by atoms with Crippen molar-refractivity contribution in [3.05, 3.63) is 29.8 Å². The molecule has 0 radical (unpaired) electrons. The zero-order valence-corrected chi connectivity index (χ0v) is 15.0. The first-order valence-electron chi connectivity index (χ1n) is 7.11. The third-order valence-electron chi connectivity index (χ3n) is 3.44. The molecule has 0 unspecified atom stereocenters. The van der Waals surface area contributed by atoms with Crippen molar-refractivity contribution in [1.29, 1.82) is 0 Å². The number of carbonyl (C=O) groups is 2. The summed E-state index contributed by atoms with van der Waals surface area (Å²) in [7, 11) is 0. The highest BCUT2D eigenvalue weighted by atomic mass is 32.2. The number of carbonyl (C=O) groups excluding carboxylic acids is 2. The van der Waals surface area contributed by atoms with Crippen LogP contribution in [0.1, 0.15) is 23.2 Å². The number of amides is 1. The maximum absolute atomic E-state index is 12.4. The summed E-state index contributed by atoms with van der Waals surface area (Å²) in [4.78, 5) is 25.9. The normalized spacial score (nSPS) is 14.5. The van der Waals surface area contributed by atoms with Crippen molar-refractivity contribution in [3.63, 3.8) is 0 Å². The van der Waals surface area contributed by atoms with Crippen molar-refractivity contribution in [2.45, 2.75) is 21.5 Å². The van der Waals surface area contributed by atoms with Gasteiger partial charge in [0.15, 0.2) is 14.5 Å². The van der Waals surface area contributed by atoms with Crippen LogP contribution in [-0.4, -0.2) is 40.4 Å². The van der Waals surface area contributed by atoms with Crippen LogP contribution in [0.5, 0.6) is 0 Å². The molecule has 0 spiro atoms. The van der Waals surface area contributed by atoms with E-state index in [1.165, 1.54) is 23.1 Å². The van der Waals surface area contributed by atoms with Crippen LogP contribution in [0.2, 0.25) is 0 Å². The van der Waals surface area contributed by atoms with Gasteiger partial charge in [-0.25, -0.2) is 0 Å². The summed E-state index contributed by atoms with van der Waals surface area (Å²) in [5.41, 5.74) is 1.44. The molecule has 23 heavy (non-hydrogen) atoms. The van der Waals surface area contributed by atoms with E-state index in [2.05, 4.69) is 10.2 Å². The molecule has 0 aliphatic carbocycles. The van der Waals surface area contributed by atoms with Crippen LogP contribution >= 0.6 is 34.9 Å². The lowest BCUT2D eigenvalue weighted by Crippen LogP contribution is -2.23. The number of benzene rings is 1. The van der Waals surface area contributed by atoms with Crippen molar-refractivity contribution in [2.24, 2.45) is 0 Å². The first-order valence-corrected chi connectivity index (χ1v) is 10.1. The number of hydrogen-bond donors (Lipinski definition) is 0. The van der Waals surface area contributed by atoms with Gasteiger partial charge in [0.1, 0.15) is 0 Å². The summed E-state index contributed by atoms with van der Waals surface area (Å²) in [6, 6.07) is 7.30. The van der Waals surface area contributed by atoms with Crippen molar-refractivity contribution in [2.75, 3.05) is 23.5 Å². The average Bonchev–Trinajstić information content (AvgIpc) is 3.21. The van der Waals surface area contributed by atoms with E-state index in [9.17, 15) is 9.59 Å². The van der Waals surface area contributed by atoms with E-state index in [-0.39, 0.29) is 11.7 Å². The number of thioether (sulfide) groups is 2. The molecule has 120 valence electrons. The lowest BCUT2D eigenvalue weighted by molar-refractivity contribution is -0.117. The summed E-state index contributed by atoms with van der Waals surface area (Å²) >= 11 is 4.44. The molecule has 1 saturated heterocycles. The van der Waals surface area contributed by atoms with E-state index in [0.29, 0.717) is 17.7 Å². The Balaban J connectivity index is 1.66. The lowest BCUT2D eigenvalue weighted by Gasteiger charge is -2.16. The highest BCUT2D eigenvalue weighted by molar-refractivity contribution is 8.03. The van der Waals surface area contributed by atoms with E-state index in [1.54, 1.807) is 28.8 Å². The predicted molar refractivity (Wildman–Crippen MR) is 94.8 cm³/mol. The lowest BCUT2D eigenvalue weighted by atomic mass is 10.1. The summed E-state index contributed by atoms with van der Waals surface area (Å²) in [6.45, 7) is 0.730. The van der Waals surface area contributed by atoms with Crippen LogP contribution in [0, 0.1) is 0 Å². The predicted octanol–water partition coefficient (Wildman–Crippen LogP) is 3.36. The number of aromatic nitrogens is 2. The standard InChI is InChI=1S/C15H15N3O2S3/c1-21-14-16-17-15(23-14)22-9-12(19)10-4-2-5-11(8-10)18-7-3-6-13(18)20/h2,4-5,8H,3,6-7,9H2,1H3. The van der Waals surface area contributed by atoms with Gasteiger partial charge in [0, 0.05) is 24.2 Å². The first kappa shape index (κ1) is 16.5. The Labute approximate surface area is 146 Å². The fourth-order valence-electron chi connectivity index (χ4n) is 2.32. The van der Waals surface area contributed by atoms with Gasteiger partial charge in [-0.05, 0) is 24.8 Å². The largest absolute Gasteiger partial charge is 0.312 e. The zero-order chi connectivity index (χ0) is 16.2. The maximum Gasteiger partial charge on any atom is 0.227 e. The smallest absolute Gasteiger partial charge is 0.227 e. The maximum atomic E-state index is 12.4. The molecule has 0 saturated carbocycles. The minimum Gasteiger partial charge on any atom is -0.312 e. The average molecular weight is 366 g/mol. The van der Waals surface area contributed by atoms with E-state index in [4.69, 9.17) is 0 Å². The monoisotopic (exact) mass is 365 g/mol. The minimum absolute atomic E-state index is 0.0318. The molecule has 1 amide bonds. The molecule has 2 heterocycles. The number of anilines is 1. The Kier molecular flexibility index (Phi) is 5.34. The van der Waals surface area contributed by atoms with Crippen LogP contribution in [0.4, 0.5) is 5.69 Å². The van der Waals surface area contributed by atoms with Gasteiger partial charge in [0.25, 0.3) is 0 Å². The topological polar surface area (TPSA) is 63.2 Å². The highest BCUT2D eigenvalue weighted by Crippen LogP contribution is 2.28. The Hall–Kier alpha value is -1.38. The zero-order valence-electron chi connectivity index (χ0n) is 12.5. The summed E-state index contributed by atoms with van der Waals surface area (Å²) in [6.07, 6.45) is 3.41. The molecular weight excluding hydrogens is 350 g/mol. The second-order valence-corrected chi connectivity index (χ2v) is 8.20. The molecule has 0 N–H and O–H groups in total. The number of nitrogens with zero attached hydrogens (tertiary/aromatic N) is 3. The van der Waals surface area contributed by atoms with Gasteiger partial charge < -0.3 is 4.90 Å². The quantitative estimate of drug-likeness (QED) is 0.578. The Bertz CT molecular complexity index is 732. The van der Waals surface area contributed by atoms with Crippen LogP contribution in [0.3, 0.4) is 0 Å². The number of ketones is 1. The number of rotatable bonds is 6. The molecule has 5 nitrogen and oxygen atoms in total. The molecule has 0 bridgehead atoms. The second-order valence-electron chi connectivity index (χ2n) is 4.95. The van der Waals surface area contributed by atoms with Gasteiger partial charge in [-0.15, -0.1) is 10.2 Å². The summed E-state index contributed by atoms with van der Waals surface area (Å²) < 4.78 is 1.70. The van der Waals surface area contributed by atoms with Crippen LogP contribution in [0.15, 0.2) is 32.9 Å². The molecule has 0 atom stereocenters. The van der Waals surface area contributed by atoms with Crippen LogP contribution < -0.4 is 4.90 Å². The van der Waals surface area contributed by atoms with Crippen molar-refractivity contribution < 1.29 is 9.59 Å². The minimum atomic E-state index is 0.0318. The molecule has 1 aromatic heterocycles. The molecule has 3 rings (SSSR count). The fraction of sp³-hybridized carbons (Fsp3) is 0.333. The molecule has 2 aromatic rings. The van der Waals surface area contributed by atoms with Gasteiger partial charge in [0.2, 0.25) is 5.91 Å². The number of Topliss-reactive ketones (excluding diaryl/α,β-unsaturated/α-hetero) is 1. The molecule has 8 heteroatoms. The highest BCUT2D eigenvalue weighted by Gasteiger charge is 2.22. The summed E-state index contributed by atoms with van der Waals surface area (Å²) in [5.74, 6) is 0.479. The third kappa shape index (κ3) is 3.94. The third-order valence-corrected chi connectivity index (χ3v) is 6.47. The van der Waals surface area contributed by atoms with Gasteiger partial charge in [-0.3, -0.25) is 9.59 Å². The molecule has 1 fully saturated rings. The molecule has 1 aliphatic heterocycles. The Morgan fingerprint density at radius 3 is 2.87 bits per heavy atom. The van der Waals surface area contributed by atoms with Crippen LogP contribution in [-0.2, 0) is 4.79 Å². The van der Waals surface area contributed by atoms with Gasteiger partial charge >= 0.3 is 0 Å². The fourth-order valence-corrected chi connectivity index (χ4v) is 4.65. The van der Waals surface area contributed by atoms with Crippen molar-refractivity contribution in [1.82, 2.24) is 10.2 Å². The second kappa shape index (κ2) is 7.46. The Morgan fingerprint density at radius 2 is 2.17 bits per heavy atom. The molecule has 1 aliphatic rings. The Morgan fingerprint density at radius 1 is 1.35 bits per heavy atom. The van der Waals surface area contributed by atoms with E-state index >= 15 is 0 Å². The SMILES string of the molecule is CSc1nnc(SCC(=O)c2cccc(N3CCCC3=O)c2)s1. The van der Waals surface area contributed by atoms with Crippen LogP contribution in [0.25, 0.3) is 0 Å². The van der Waals surface area contributed by atoms with Crippen molar-refractivity contribution >= 4 is 52.2 Å². The van der Waals surface area contributed by atoms with Crippen molar-refractivity contribution in [3.8, 4) is 0 Å². The van der Waals surface area contributed by atoms with Gasteiger partial charge in [-0.1, -0.05) is 47.0 Å². The number of hydrogen-bond acceptors (Lipinski definition) is 7. The van der Waals surface area contributed by atoms with E-state index in [0.717, 1.165) is 27.3 Å². The summed E-state index contributed by atoms with van der Waals surface area (Å²) in [5, 5.41) is 8.06. The van der Waals surface area contributed by atoms with E-state index < -0.39 is 0 Å². The van der Waals surface area contributed by atoms with E-state index in [1.807, 2.05) is 18.4 Å². The van der Waals surface area contributed by atoms with Gasteiger partial charge in [-0.2, -0.15) is 0 Å². The van der Waals surface area contributed by atoms with Gasteiger partial charge in [0.05, 0.1) is 5.75 Å². The molecular formula is C15H15N3O2S3.